The molecule has 1 aromatic carbocycles. The Labute approximate surface area is 154 Å². The molecule has 0 bridgehead atoms. The van der Waals surface area contributed by atoms with Gasteiger partial charge in [0.05, 0.1) is 24.3 Å². The molecule has 0 spiro atoms. The summed E-state index contributed by atoms with van der Waals surface area (Å²) in [5, 5.41) is 11.5. The average molecular weight is 364 g/mol. The summed E-state index contributed by atoms with van der Waals surface area (Å²) >= 11 is 6.15. The van der Waals surface area contributed by atoms with Crippen molar-refractivity contribution in [2.45, 2.75) is 32.9 Å². The molecule has 136 valence electrons. The lowest BCUT2D eigenvalue weighted by Gasteiger charge is -2.20. The van der Waals surface area contributed by atoms with Gasteiger partial charge in [0.1, 0.15) is 11.9 Å². The third-order valence-electron chi connectivity index (χ3n) is 3.70. The molecule has 0 fully saturated rings. The predicted molar refractivity (Wildman–Crippen MR) is 102 cm³/mol. The third kappa shape index (κ3) is 6.31. The molecule has 1 atom stereocenters. The Morgan fingerprint density at radius 1 is 1.36 bits per heavy atom. The van der Waals surface area contributed by atoms with Crippen molar-refractivity contribution in [2.75, 3.05) is 20.1 Å². The summed E-state index contributed by atoms with van der Waals surface area (Å²) in [5.74, 6) is 1.44. The Balaban J connectivity index is 1.77. The molecule has 7 heteroatoms. The second-order valence-electron chi connectivity index (χ2n) is 5.74. The number of benzene rings is 1. The Bertz CT molecular complexity index is 686. The molecule has 0 saturated carbocycles. The quantitative estimate of drug-likeness (QED) is 0.559. The molecular weight excluding hydrogens is 338 g/mol. The number of halogens is 1. The zero-order valence-electron chi connectivity index (χ0n) is 15.0. The van der Waals surface area contributed by atoms with Gasteiger partial charge in [-0.3, -0.25) is 9.67 Å². The highest BCUT2D eigenvalue weighted by atomic mass is 35.5. The van der Waals surface area contributed by atoms with Crippen molar-refractivity contribution in [3.8, 4) is 5.75 Å². The van der Waals surface area contributed by atoms with Gasteiger partial charge in [-0.05, 0) is 31.0 Å². The van der Waals surface area contributed by atoms with E-state index in [1.165, 1.54) is 0 Å². The number of hydrogen-bond donors (Lipinski definition) is 2. The van der Waals surface area contributed by atoms with Crippen LogP contribution in [0.4, 0.5) is 0 Å². The van der Waals surface area contributed by atoms with E-state index in [1.54, 1.807) is 7.05 Å². The van der Waals surface area contributed by atoms with Crippen molar-refractivity contribution in [1.82, 2.24) is 20.4 Å². The highest BCUT2D eigenvalue weighted by Gasteiger charge is 2.11. The van der Waals surface area contributed by atoms with E-state index >= 15 is 0 Å². The smallest absolute Gasteiger partial charge is 0.191 e. The average Bonchev–Trinajstić information content (AvgIpc) is 3.03. The lowest BCUT2D eigenvalue weighted by atomic mass is 10.2. The molecule has 0 amide bonds. The first-order valence-electron chi connectivity index (χ1n) is 8.47. The van der Waals surface area contributed by atoms with E-state index < -0.39 is 0 Å². The molecular formula is C18H26ClN5O. The second-order valence-corrected chi connectivity index (χ2v) is 6.15. The first-order chi connectivity index (χ1) is 12.1. The largest absolute Gasteiger partial charge is 0.487 e. The molecule has 0 aliphatic rings. The molecule has 25 heavy (non-hydrogen) atoms. The summed E-state index contributed by atoms with van der Waals surface area (Å²) in [5.41, 5.74) is 1.16. The molecule has 0 aliphatic carbocycles. The van der Waals surface area contributed by atoms with E-state index in [2.05, 4.69) is 27.6 Å². The van der Waals surface area contributed by atoms with Crippen LogP contribution in [0.25, 0.3) is 0 Å². The van der Waals surface area contributed by atoms with Gasteiger partial charge in [-0.2, -0.15) is 5.10 Å². The fourth-order valence-electron chi connectivity index (χ4n) is 2.30. The monoisotopic (exact) mass is 363 g/mol. The highest BCUT2D eigenvalue weighted by Crippen LogP contribution is 2.24. The molecule has 1 heterocycles. The first kappa shape index (κ1) is 19.1. The fraction of sp³-hybridized carbons (Fsp3) is 0.444. The number of nitrogens with zero attached hydrogens (tertiary/aromatic N) is 3. The van der Waals surface area contributed by atoms with Gasteiger partial charge in [-0.25, -0.2) is 0 Å². The number of nitrogens with one attached hydrogen (secondary N) is 2. The molecule has 1 aromatic heterocycles. The summed E-state index contributed by atoms with van der Waals surface area (Å²) in [4.78, 5) is 4.24. The SMILES string of the molecule is CCC(CNC(=NC)NCCn1cc(C)cn1)Oc1ccccc1Cl. The van der Waals surface area contributed by atoms with Crippen molar-refractivity contribution in [3.05, 3.63) is 47.2 Å². The summed E-state index contributed by atoms with van der Waals surface area (Å²) in [7, 11) is 1.75. The summed E-state index contributed by atoms with van der Waals surface area (Å²) < 4.78 is 7.88. The molecule has 0 aliphatic heterocycles. The summed E-state index contributed by atoms with van der Waals surface area (Å²) in [6.45, 7) is 6.27. The van der Waals surface area contributed by atoms with Crippen LogP contribution in [-0.4, -0.2) is 42.0 Å². The maximum Gasteiger partial charge on any atom is 0.191 e. The van der Waals surface area contributed by atoms with Gasteiger partial charge < -0.3 is 15.4 Å². The van der Waals surface area contributed by atoms with Gasteiger partial charge >= 0.3 is 0 Å². The number of aromatic nitrogens is 2. The van der Waals surface area contributed by atoms with Crippen molar-refractivity contribution in [2.24, 2.45) is 4.99 Å². The number of aryl methyl sites for hydroxylation is 1. The van der Waals surface area contributed by atoms with Crippen LogP contribution in [0, 0.1) is 6.92 Å². The molecule has 0 radical (unpaired) electrons. The standard InChI is InChI=1S/C18H26ClN5O/c1-4-15(25-17-8-6-5-7-16(17)19)12-22-18(20-3)21-9-10-24-13-14(2)11-23-24/h5-8,11,13,15H,4,9-10,12H2,1-3H3,(H2,20,21,22). The minimum Gasteiger partial charge on any atom is -0.487 e. The number of guanidine groups is 1. The lowest BCUT2D eigenvalue weighted by molar-refractivity contribution is 0.199. The van der Waals surface area contributed by atoms with E-state index in [4.69, 9.17) is 16.3 Å². The van der Waals surface area contributed by atoms with Crippen LogP contribution in [0.3, 0.4) is 0 Å². The van der Waals surface area contributed by atoms with Crippen LogP contribution >= 0.6 is 11.6 Å². The van der Waals surface area contributed by atoms with E-state index in [1.807, 2.05) is 48.3 Å². The molecule has 2 aromatic rings. The van der Waals surface area contributed by atoms with Crippen LogP contribution in [-0.2, 0) is 6.54 Å². The first-order valence-corrected chi connectivity index (χ1v) is 8.85. The molecule has 2 rings (SSSR count). The van der Waals surface area contributed by atoms with Gasteiger partial charge in [-0.15, -0.1) is 0 Å². The van der Waals surface area contributed by atoms with E-state index in [9.17, 15) is 0 Å². The normalized spacial score (nSPS) is 12.7. The molecule has 0 saturated heterocycles. The van der Waals surface area contributed by atoms with E-state index in [-0.39, 0.29) is 6.10 Å². The Morgan fingerprint density at radius 2 is 2.16 bits per heavy atom. The third-order valence-corrected chi connectivity index (χ3v) is 4.01. The fourth-order valence-corrected chi connectivity index (χ4v) is 2.48. The topological polar surface area (TPSA) is 63.5 Å². The minimum atomic E-state index is 0.00668. The Morgan fingerprint density at radius 3 is 2.80 bits per heavy atom. The van der Waals surface area contributed by atoms with Crippen molar-refractivity contribution in [1.29, 1.82) is 0 Å². The summed E-state index contributed by atoms with van der Waals surface area (Å²) in [6.07, 6.45) is 4.74. The Hall–Kier alpha value is -2.21. The van der Waals surface area contributed by atoms with Crippen LogP contribution < -0.4 is 15.4 Å². The van der Waals surface area contributed by atoms with Crippen molar-refractivity contribution in [3.63, 3.8) is 0 Å². The van der Waals surface area contributed by atoms with Gasteiger partial charge in [0, 0.05) is 19.8 Å². The molecule has 6 nitrogen and oxygen atoms in total. The van der Waals surface area contributed by atoms with Crippen molar-refractivity contribution >= 4 is 17.6 Å². The summed E-state index contributed by atoms with van der Waals surface area (Å²) in [6, 6.07) is 7.51. The number of ether oxygens (including phenoxy) is 1. The lowest BCUT2D eigenvalue weighted by Crippen LogP contribution is -2.43. The maximum atomic E-state index is 6.15. The van der Waals surface area contributed by atoms with E-state index in [0.717, 1.165) is 31.0 Å². The Kier molecular flexibility index (Phi) is 7.60. The number of para-hydroxylation sites is 1. The zero-order chi connectivity index (χ0) is 18.1. The minimum absolute atomic E-state index is 0.00668. The second kappa shape index (κ2) is 9.93. The van der Waals surface area contributed by atoms with Crippen molar-refractivity contribution < 1.29 is 4.74 Å². The van der Waals surface area contributed by atoms with Crippen LogP contribution in [0.5, 0.6) is 5.75 Å². The molecule has 1 unspecified atom stereocenters. The predicted octanol–water partition coefficient (Wildman–Crippen LogP) is 2.87. The maximum absolute atomic E-state index is 6.15. The van der Waals surface area contributed by atoms with Crippen LogP contribution in [0.2, 0.25) is 5.02 Å². The van der Waals surface area contributed by atoms with Gasteiger partial charge in [0.15, 0.2) is 5.96 Å². The number of hydrogen-bond acceptors (Lipinski definition) is 3. The van der Waals surface area contributed by atoms with Gasteiger partial charge in [0.2, 0.25) is 0 Å². The van der Waals surface area contributed by atoms with E-state index in [0.29, 0.717) is 17.3 Å². The number of rotatable bonds is 8. The van der Waals surface area contributed by atoms with Crippen LogP contribution in [0.1, 0.15) is 18.9 Å². The zero-order valence-corrected chi connectivity index (χ0v) is 15.8. The van der Waals surface area contributed by atoms with Crippen LogP contribution in [0.15, 0.2) is 41.7 Å². The highest BCUT2D eigenvalue weighted by molar-refractivity contribution is 6.32. The van der Waals surface area contributed by atoms with Gasteiger partial charge in [0.25, 0.3) is 0 Å². The number of aliphatic imine (C=N–C) groups is 1. The van der Waals surface area contributed by atoms with Gasteiger partial charge in [-0.1, -0.05) is 30.7 Å². The molecule has 2 N–H and O–H groups in total.